The molecule has 2 fully saturated rings. The Kier molecular flexibility index (Phi) is 4.50. The third kappa shape index (κ3) is 3.56. The third-order valence-corrected chi connectivity index (χ3v) is 6.29. The molecule has 0 bridgehead atoms. The summed E-state index contributed by atoms with van der Waals surface area (Å²) in [6.07, 6.45) is 7.40. The van der Waals surface area contributed by atoms with E-state index in [1.165, 1.54) is 44.5 Å². The highest BCUT2D eigenvalue weighted by atomic mass is 15.3. The Morgan fingerprint density at radius 2 is 1.68 bits per heavy atom. The second kappa shape index (κ2) is 6.79. The summed E-state index contributed by atoms with van der Waals surface area (Å²) < 4.78 is 2.24. The minimum atomic E-state index is 0.555. The van der Waals surface area contributed by atoms with Crippen molar-refractivity contribution in [3.05, 3.63) is 41.9 Å². The van der Waals surface area contributed by atoms with Gasteiger partial charge < -0.3 is 9.47 Å². The second-order valence-corrected chi connectivity index (χ2v) is 7.91. The van der Waals surface area contributed by atoms with Gasteiger partial charge in [-0.25, -0.2) is 0 Å². The molecule has 2 aliphatic rings. The molecule has 0 aromatic carbocycles. The van der Waals surface area contributed by atoms with Crippen LogP contribution in [0.2, 0.25) is 0 Å². The summed E-state index contributed by atoms with van der Waals surface area (Å²) in [4.78, 5) is 5.03. The molecule has 4 rings (SSSR count). The molecule has 1 spiro atoms. The van der Waals surface area contributed by atoms with Crippen molar-refractivity contribution in [2.75, 3.05) is 31.1 Å². The molecule has 4 heterocycles. The van der Waals surface area contributed by atoms with Gasteiger partial charge in [-0.2, -0.15) is 5.10 Å². The van der Waals surface area contributed by atoms with Crippen molar-refractivity contribution in [3.63, 3.8) is 0 Å². The van der Waals surface area contributed by atoms with Gasteiger partial charge in [-0.05, 0) is 75.4 Å². The van der Waals surface area contributed by atoms with Crippen LogP contribution in [0.25, 0.3) is 0 Å². The standard InChI is InChI=1S/C20H29N5/c1-17-5-6-19(22-21-17)25-14-9-20(10-15-25)7-12-24(13-8-20)16-18-4-3-11-23(18)2/h3-6,11H,7-10,12-16H2,1-2H3. The van der Waals surface area contributed by atoms with Gasteiger partial charge in [-0.15, -0.1) is 5.10 Å². The van der Waals surface area contributed by atoms with Crippen LogP contribution in [0.3, 0.4) is 0 Å². The first-order valence-electron chi connectivity index (χ1n) is 9.51. The fraction of sp³-hybridized carbons (Fsp3) is 0.600. The Labute approximate surface area is 150 Å². The minimum absolute atomic E-state index is 0.555. The molecule has 5 nitrogen and oxygen atoms in total. The lowest BCUT2D eigenvalue weighted by atomic mass is 9.71. The number of aryl methyl sites for hydroxylation is 2. The van der Waals surface area contributed by atoms with Crippen LogP contribution in [0.15, 0.2) is 30.5 Å². The topological polar surface area (TPSA) is 37.2 Å². The fourth-order valence-electron chi connectivity index (χ4n) is 4.35. The Balaban J connectivity index is 1.30. The maximum absolute atomic E-state index is 4.36. The van der Waals surface area contributed by atoms with Crippen molar-refractivity contribution in [2.24, 2.45) is 12.5 Å². The highest BCUT2D eigenvalue weighted by Gasteiger charge is 2.37. The van der Waals surface area contributed by atoms with E-state index < -0.39 is 0 Å². The number of rotatable bonds is 3. The molecule has 25 heavy (non-hydrogen) atoms. The molecule has 2 aromatic heterocycles. The van der Waals surface area contributed by atoms with Crippen LogP contribution in [0.5, 0.6) is 0 Å². The summed E-state index contributed by atoms with van der Waals surface area (Å²) in [6, 6.07) is 8.56. The fourth-order valence-corrected chi connectivity index (χ4v) is 4.35. The first-order valence-corrected chi connectivity index (χ1v) is 9.51. The van der Waals surface area contributed by atoms with Crippen molar-refractivity contribution in [1.29, 1.82) is 0 Å². The maximum atomic E-state index is 4.36. The Hall–Kier alpha value is -1.88. The van der Waals surface area contributed by atoms with Gasteiger partial charge in [0.15, 0.2) is 5.82 Å². The quantitative estimate of drug-likeness (QED) is 0.861. The van der Waals surface area contributed by atoms with E-state index in [9.17, 15) is 0 Å². The van der Waals surface area contributed by atoms with Gasteiger partial charge in [-0.1, -0.05) is 0 Å². The lowest BCUT2D eigenvalue weighted by Gasteiger charge is -2.47. The molecule has 0 aliphatic carbocycles. The van der Waals surface area contributed by atoms with E-state index in [0.717, 1.165) is 31.1 Å². The van der Waals surface area contributed by atoms with Gasteiger partial charge in [0.25, 0.3) is 0 Å². The molecule has 0 unspecified atom stereocenters. The van der Waals surface area contributed by atoms with Crippen LogP contribution in [-0.2, 0) is 13.6 Å². The number of anilines is 1. The lowest BCUT2D eigenvalue weighted by molar-refractivity contribution is 0.0745. The van der Waals surface area contributed by atoms with Crippen molar-refractivity contribution in [1.82, 2.24) is 19.7 Å². The van der Waals surface area contributed by atoms with E-state index in [-0.39, 0.29) is 0 Å². The van der Waals surface area contributed by atoms with Gasteiger partial charge in [-0.3, -0.25) is 4.90 Å². The van der Waals surface area contributed by atoms with E-state index >= 15 is 0 Å². The molecule has 0 amide bonds. The molecule has 2 saturated heterocycles. The van der Waals surface area contributed by atoms with Gasteiger partial charge in [0.1, 0.15) is 0 Å². The first-order chi connectivity index (χ1) is 12.1. The largest absolute Gasteiger partial charge is 0.355 e. The number of likely N-dealkylation sites (tertiary alicyclic amines) is 1. The van der Waals surface area contributed by atoms with Gasteiger partial charge in [0, 0.05) is 38.6 Å². The smallest absolute Gasteiger partial charge is 0.151 e. The summed E-state index contributed by atoms with van der Waals surface area (Å²) in [6.45, 7) is 7.78. The second-order valence-electron chi connectivity index (χ2n) is 7.91. The summed E-state index contributed by atoms with van der Waals surface area (Å²) in [5.74, 6) is 1.04. The molecule has 2 aliphatic heterocycles. The van der Waals surface area contributed by atoms with E-state index in [1.54, 1.807) is 0 Å². The lowest BCUT2D eigenvalue weighted by Crippen LogP contribution is -2.47. The predicted octanol–water partition coefficient (Wildman–Crippen LogP) is 3.01. The van der Waals surface area contributed by atoms with Crippen molar-refractivity contribution in [2.45, 2.75) is 39.2 Å². The number of hydrogen-bond donors (Lipinski definition) is 0. The number of hydrogen-bond acceptors (Lipinski definition) is 4. The Morgan fingerprint density at radius 1 is 0.960 bits per heavy atom. The molecule has 5 heteroatoms. The molecule has 0 radical (unpaired) electrons. The van der Waals surface area contributed by atoms with Gasteiger partial charge in [0.05, 0.1) is 5.69 Å². The van der Waals surface area contributed by atoms with Crippen molar-refractivity contribution in [3.8, 4) is 0 Å². The van der Waals surface area contributed by atoms with E-state index in [1.807, 2.05) is 6.92 Å². The average molecular weight is 339 g/mol. The van der Waals surface area contributed by atoms with Crippen molar-refractivity contribution < 1.29 is 0 Å². The molecular weight excluding hydrogens is 310 g/mol. The highest BCUT2D eigenvalue weighted by Crippen LogP contribution is 2.42. The minimum Gasteiger partial charge on any atom is -0.355 e. The van der Waals surface area contributed by atoms with Crippen LogP contribution in [-0.4, -0.2) is 45.8 Å². The predicted molar refractivity (Wildman–Crippen MR) is 101 cm³/mol. The summed E-state index contributed by atoms with van der Waals surface area (Å²) in [5.41, 5.74) is 2.96. The van der Waals surface area contributed by atoms with Gasteiger partial charge >= 0.3 is 0 Å². The van der Waals surface area contributed by atoms with E-state index in [4.69, 9.17) is 0 Å². The third-order valence-electron chi connectivity index (χ3n) is 6.29. The molecule has 134 valence electrons. The first kappa shape index (κ1) is 16.6. The molecule has 0 N–H and O–H groups in total. The van der Waals surface area contributed by atoms with Crippen LogP contribution in [0.1, 0.15) is 37.1 Å². The maximum Gasteiger partial charge on any atom is 0.151 e. The molecule has 0 atom stereocenters. The average Bonchev–Trinajstić information content (AvgIpc) is 3.04. The number of aromatic nitrogens is 3. The molecule has 2 aromatic rings. The zero-order valence-electron chi connectivity index (χ0n) is 15.5. The summed E-state index contributed by atoms with van der Waals surface area (Å²) in [5, 5.41) is 8.57. The van der Waals surface area contributed by atoms with Crippen LogP contribution >= 0.6 is 0 Å². The normalized spacial score (nSPS) is 21.0. The summed E-state index contributed by atoms with van der Waals surface area (Å²) in [7, 11) is 2.14. The van der Waals surface area contributed by atoms with E-state index in [0.29, 0.717) is 5.41 Å². The number of piperidine rings is 2. The zero-order chi connectivity index (χ0) is 17.3. The van der Waals surface area contributed by atoms with Crippen molar-refractivity contribution >= 4 is 5.82 Å². The molecular formula is C20H29N5. The highest BCUT2D eigenvalue weighted by molar-refractivity contribution is 5.37. The summed E-state index contributed by atoms with van der Waals surface area (Å²) >= 11 is 0. The Bertz CT molecular complexity index is 687. The Morgan fingerprint density at radius 3 is 2.28 bits per heavy atom. The number of nitrogens with zero attached hydrogens (tertiary/aromatic N) is 5. The zero-order valence-corrected chi connectivity index (χ0v) is 15.5. The van der Waals surface area contributed by atoms with Crippen LogP contribution in [0, 0.1) is 12.3 Å². The van der Waals surface area contributed by atoms with Gasteiger partial charge in [0.2, 0.25) is 0 Å². The van der Waals surface area contributed by atoms with Crippen LogP contribution < -0.4 is 4.90 Å². The SMILES string of the molecule is Cc1ccc(N2CCC3(CCN(Cc4cccn4C)CC3)CC2)nn1. The monoisotopic (exact) mass is 339 g/mol. The van der Waals surface area contributed by atoms with E-state index in [2.05, 4.69) is 62.1 Å². The van der Waals surface area contributed by atoms with Crippen LogP contribution in [0.4, 0.5) is 5.82 Å². The molecule has 0 saturated carbocycles.